The van der Waals surface area contributed by atoms with E-state index in [1.165, 1.54) is 11.3 Å². The molecule has 0 bridgehead atoms. The van der Waals surface area contributed by atoms with Gasteiger partial charge in [0.25, 0.3) is 0 Å². The lowest BCUT2D eigenvalue weighted by molar-refractivity contribution is 0.0907. The quantitative estimate of drug-likeness (QED) is 0.786. The fourth-order valence-electron chi connectivity index (χ4n) is 1.64. The van der Waals surface area contributed by atoms with E-state index in [4.69, 9.17) is 4.52 Å². The summed E-state index contributed by atoms with van der Waals surface area (Å²) >= 11 is 1.49. The summed E-state index contributed by atoms with van der Waals surface area (Å²) in [5, 5.41) is 12.4. The fourth-order valence-corrected chi connectivity index (χ4v) is 2.29. The molecule has 0 aromatic carbocycles. The minimum absolute atomic E-state index is 0.0442. The number of aryl methyl sites for hydroxylation is 1. The first kappa shape index (κ1) is 12.5. The first-order valence-corrected chi connectivity index (χ1v) is 6.73. The van der Waals surface area contributed by atoms with Crippen molar-refractivity contribution in [2.75, 3.05) is 0 Å². The third kappa shape index (κ3) is 2.59. The number of aromatic nitrogens is 4. The second-order valence-electron chi connectivity index (χ2n) is 4.11. The molecule has 1 N–H and O–H groups in total. The van der Waals surface area contributed by atoms with Crippen molar-refractivity contribution in [3.63, 3.8) is 0 Å². The van der Waals surface area contributed by atoms with E-state index < -0.39 is 5.91 Å². The van der Waals surface area contributed by atoms with Gasteiger partial charge < -0.3 is 9.84 Å². The van der Waals surface area contributed by atoms with Gasteiger partial charge in [0, 0.05) is 25.4 Å². The number of nitrogens with one attached hydrogen (secondary N) is 1. The number of amides is 1. The summed E-state index contributed by atoms with van der Waals surface area (Å²) in [4.78, 5) is 16.8. The number of rotatable bonds is 4. The van der Waals surface area contributed by atoms with Crippen molar-refractivity contribution in [1.29, 1.82) is 0 Å². The van der Waals surface area contributed by atoms with Crippen molar-refractivity contribution in [1.82, 2.24) is 25.2 Å². The molecule has 3 heterocycles. The second-order valence-corrected chi connectivity index (χ2v) is 5.05. The standard InChI is InChI=1S/C12H11N5O2S/c1-17-7-8(6-14-17)5-13-11(18)12-15-10(16-19-12)9-3-2-4-20-9/h2-4,6-7H,5H2,1H3,(H,13,18). The number of nitrogens with zero attached hydrogens (tertiary/aromatic N) is 4. The smallest absolute Gasteiger partial charge is 0.316 e. The third-order valence-corrected chi connectivity index (χ3v) is 3.44. The predicted molar refractivity (Wildman–Crippen MR) is 72.0 cm³/mol. The molecule has 1 amide bonds. The summed E-state index contributed by atoms with van der Waals surface area (Å²) in [6.45, 7) is 0.364. The first-order valence-electron chi connectivity index (χ1n) is 5.85. The topological polar surface area (TPSA) is 85.8 Å². The average molecular weight is 289 g/mol. The van der Waals surface area contributed by atoms with E-state index in [1.54, 1.807) is 10.9 Å². The Morgan fingerprint density at radius 3 is 3.15 bits per heavy atom. The highest BCUT2D eigenvalue weighted by molar-refractivity contribution is 7.13. The average Bonchev–Trinajstić information content (AvgIpc) is 3.16. The zero-order valence-electron chi connectivity index (χ0n) is 10.6. The molecule has 0 fully saturated rings. The van der Waals surface area contributed by atoms with Crippen LogP contribution in [0.2, 0.25) is 0 Å². The molecule has 20 heavy (non-hydrogen) atoms. The van der Waals surface area contributed by atoms with E-state index >= 15 is 0 Å². The van der Waals surface area contributed by atoms with Crippen LogP contribution < -0.4 is 5.32 Å². The maximum atomic E-state index is 11.9. The van der Waals surface area contributed by atoms with Crippen LogP contribution in [0.3, 0.4) is 0 Å². The normalized spacial score (nSPS) is 10.7. The predicted octanol–water partition coefficient (Wildman–Crippen LogP) is 1.46. The van der Waals surface area contributed by atoms with Crippen LogP contribution in [-0.2, 0) is 13.6 Å². The molecule has 3 aromatic heterocycles. The molecule has 3 rings (SSSR count). The van der Waals surface area contributed by atoms with Gasteiger partial charge in [0.2, 0.25) is 5.82 Å². The SMILES string of the molecule is Cn1cc(CNC(=O)c2nc(-c3cccs3)no2)cn1. The van der Waals surface area contributed by atoms with Crippen LogP contribution in [0.15, 0.2) is 34.4 Å². The van der Waals surface area contributed by atoms with Gasteiger partial charge in [-0.1, -0.05) is 11.2 Å². The third-order valence-electron chi connectivity index (χ3n) is 2.57. The minimum atomic E-state index is -0.399. The molecule has 0 atom stereocenters. The van der Waals surface area contributed by atoms with Crippen LogP contribution in [0.25, 0.3) is 10.7 Å². The molecule has 3 aromatic rings. The van der Waals surface area contributed by atoms with Crippen LogP contribution in [-0.4, -0.2) is 25.8 Å². The van der Waals surface area contributed by atoms with E-state index in [0.717, 1.165) is 10.4 Å². The lowest BCUT2D eigenvalue weighted by atomic mass is 10.3. The summed E-state index contributed by atoms with van der Waals surface area (Å²) in [5.74, 6) is -0.0204. The number of carbonyl (C=O) groups excluding carboxylic acids is 1. The minimum Gasteiger partial charge on any atom is -0.344 e. The summed E-state index contributed by atoms with van der Waals surface area (Å²) in [5.41, 5.74) is 0.902. The highest BCUT2D eigenvalue weighted by Gasteiger charge is 2.16. The van der Waals surface area contributed by atoms with E-state index in [9.17, 15) is 4.79 Å². The summed E-state index contributed by atoms with van der Waals surface area (Å²) in [6.07, 6.45) is 3.51. The lowest BCUT2D eigenvalue weighted by Crippen LogP contribution is -2.22. The summed E-state index contributed by atoms with van der Waals surface area (Å²) in [7, 11) is 1.82. The van der Waals surface area contributed by atoms with E-state index in [0.29, 0.717) is 12.4 Å². The van der Waals surface area contributed by atoms with Crippen LogP contribution in [0, 0.1) is 0 Å². The number of hydrogen-bond acceptors (Lipinski definition) is 6. The Morgan fingerprint density at radius 1 is 1.55 bits per heavy atom. The van der Waals surface area contributed by atoms with Gasteiger partial charge in [-0.25, -0.2) is 0 Å². The number of carbonyl (C=O) groups is 1. The zero-order valence-corrected chi connectivity index (χ0v) is 11.4. The van der Waals surface area contributed by atoms with Gasteiger partial charge in [0.1, 0.15) is 0 Å². The molecule has 8 heteroatoms. The van der Waals surface area contributed by atoms with E-state index in [-0.39, 0.29) is 5.89 Å². The molecule has 7 nitrogen and oxygen atoms in total. The highest BCUT2D eigenvalue weighted by Crippen LogP contribution is 2.21. The number of hydrogen-bond donors (Lipinski definition) is 1. The van der Waals surface area contributed by atoms with Gasteiger partial charge in [-0.15, -0.1) is 11.3 Å². The Labute approximate surface area is 118 Å². The Morgan fingerprint density at radius 2 is 2.45 bits per heavy atom. The molecular formula is C12H11N5O2S. The van der Waals surface area contributed by atoms with Gasteiger partial charge in [-0.05, 0) is 11.4 Å². The molecule has 0 saturated carbocycles. The fraction of sp³-hybridized carbons (Fsp3) is 0.167. The van der Waals surface area contributed by atoms with Gasteiger partial charge in [-0.2, -0.15) is 10.1 Å². The lowest BCUT2D eigenvalue weighted by Gasteiger charge is -1.98. The number of thiophene rings is 1. The van der Waals surface area contributed by atoms with Crippen LogP contribution in [0.4, 0.5) is 0 Å². The van der Waals surface area contributed by atoms with Crippen molar-refractivity contribution in [3.8, 4) is 10.7 Å². The largest absolute Gasteiger partial charge is 0.344 e. The van der Waals surface area contributed by atoms with Crippen molar-refractivity contribution in [2.24, 2.45) is 7.05 Å². The molecule has 0 unspecified atom stereocenters. The Bertz CT molecular complexity index is 716. The van der Waals surface area contributed by atoms with E-state index in [2.05, 4.69) is 20.6 Å². The zero-order chi connectivity index (χ0) is 13.9. The van der Waals surface area contributed by atoms with Gasteiger partial charge in [-0.3, -0.25) is 9.48 Å². The first-order chi connectivity index (χ1) is 9.72. The van der Waals surface area contributed by atoms with Gasteiger partial charge >= 0.3 is 11.8 Å². The van der Waals surface area contributed by atoms with Gasteiger partial charge in [0.05, 0.1) is 11.1 Å². The van der Waals surface area contributed by atoms with Gasteiger partial charge in [0.15, 0.2) is 0 Å². The Kier molecular flexibility index (Phi) is 3.30. The molecule has 0 aliphatic heterocycles. The molecule has 0 aliphatic carbocycles. The maximum absolute atomic E-state index is 11.9. The molecule has 102 valence electrons. The summed E-state index contributed by atoms with van der Waals surface area (Å²) < 4.78 is 6.63. The molecule has 0 saturated heterocycles. The highest BCUT2D eigenvalue weighted by atomic mass is 32.1. The Balaban J connectivity index is 1.65. The van der Waals surface area contributed by atoms with Crippen molar-refractivity contribution < 1.29 is 9.32 Å². The van der Waals surface area contributed by atoms with Crippen molar-refractivity contribution in [2.45, 2.75) is 6.54 Å². The molecular weight excluding hydrogens is 278 g/mol. The molecule has 0 aliphatic rings. The van der Waals surface area contributed by atoms with Crippen molar-refractivity contribution in [3.05, 3.63) is 41.4 Å². The van der Waals surface area contributed by atoms with Crippen molar-refractivity contribution >= 4 is 17.2 Å². The second kappa shape index (κ2) is 5.25. The van der Waals surface area contributed by atoms with Crippen LogP contribution in [0.1, 0.15) is 16.2 Å². The van der Waals surface area contributed by atoms with Crippen LogP contribution in [0.5, 0.6) is 0 Å². The van der Waals surface area contributed by atoms with E-state index in [1.807, 2.05) is 30.8 Å². The Hall–Kier alpha value is -2.48. The van der Waals surface area contributed by atoms with Crippen LogP contribution >= 0.6 is 11.3 Å². The molecule has 0 radical (unpaired) electrons. The monoisotopic (exact) mass is 289 g/mol. The maximum Gasteiger partial charge on any atom is 0.316 e. The summed E-state index contributed by atoms with van der Waals surface area (Å²) in [6, 6.07) is 3.76. The molecule has 0 spiro atoms.